The number of benzene rings is 1. The fraction of sp³-hybridized carbons (Fsp3) is 0.533. The highest BCUT2D eigenvalue weighted by molar-refractivity contribution is 5.73. The summed E-state index contributed by atoms with van der Waals surface area (Å²) in [6.45, 7) is 8.95. The van der Waals surface area contributed by atoms with Gasteiger partial charge in [0.1, 0.15) is 5.52 Å². The van der Waals surface area contributed by atoms with Crippen LogP contribution in [0.2, 0.25) is 0 Å². The van der Waals surface area contributed by atoms with Crippen LogP contribution in [0.4, 0.5) is 0 Å². The Kier molecular flexibility index (Phi) is 4.22. The fourth-order valence-corrected chi connectivity index (χ4v) is 2.19. The van der Waals surface area contributed by atoms with Crippen LogP contribution in [0.25, 0.3) is 11.1 Å². The van der Waals surface area contributed by atoms with Crippen LogP contribution in [0.5, 0.6) is 0 Å². The maximum absolute atomic E-state index is 5.60. The van der Waals surface area contributed by atoms with E-state index in [4.69, 9.17) is 10.2 Å². The summed E-state index contributed by atoms with van der Waals surface area (Å²) in [6, 6.07) is 6.26. The lowest BCUT2D eigenvalue weighted by Crippen LogP contribution is -2.34. The third-order valence-corrected chi connectivity index (χ3v) is 3.40. The van der Waals surface area contributed by atoms with Crippen LogP contribution in [-0.4, -0.2) is 24.6 Å². The number of hydrogen-bond acceptors (Lipinski definition) is 4. The normalized spacial score (nSPS) is 12.2. The first kappa shape index (κ1) is 14.0. The number of fused-ring (bicyclic) bond motifs is 1. The molecule has 0 atom stereocenters. The lowest BCUT2D eigenvalue weighted by molar-refractivity contribution is 0.466. The molecule has 4 nitrogen and oxygen atoms in total. The molecular weight excluding hydrogens is 238 g/mol. The van der Waals surface area contributed by atoms with Crippen molar-refractivity contribution >= 4 is 11.1 Å². The Morgan fingerprint density at radius 2 is 2.16 bits per heavy atom. The van der Waals surface area contributed by atoms with Gasteiger partial charge in [-0.3, -0.25) is 0 Å². The third-order valence-electron chi connectivity index (χ3n) is 3.40. The minimum Gasteiger partial charge on any atom is -0.441 e. The van der Waals surface area contributed by atoms with E-state index in [0.717, 1.165) is 37.2 Å². The van der Waals surface area contributed by atoms with Crippen molar-refractivity contribution in [2.75, 3.05) is 19.6 Å². The molecule has 0 aliphatic heterocycles. The van der Waals surface area contributed by atoms with Gasteiger partial charge in [-0.15, -0.1) is 0 Å². The van der Waals surface area contributed by atoms with Gasteiger partial charge in [0.2, 0.25) is 0 Å². The van der Waals surface area contributed by atoms with Crippen LogP contribution in [0.15, 0.2) is 22.6 Å². The van der Waals surface area contributed by atoms with Crippen molar-refractivity contribution in [3.05, 3.63) is 29.7 Å². The average molecular weight is 261 g/mol. The van der Waals surface area contributed by atoms with Crippen molar-refractivity contribution in [2.45, 2.75) is 32.6 Å². The van der Waals surface area contributed by atoms with Crippen LogP contribution in [0.3, 0.4) is 0 Å². The Morgan fingerprint density at radius 1 is 1.37 bits per heavy atom. The van der Waals surface area contributed by atoms with E-state index in [1.807, 2.05) is 13.0 Å². The Labute approximate surface area is 114 Å². The third kappa shape index (κ3) is 3.33. The van der Waals surface area contributed by atoms with Gasteiger partial charge >= 0.3 is 0 Å². The summed E-state index contributed by atoms with van der Waals surface area (Å²) in [7, 11) is 0. The quantitative estimate of drug-likeness (QED) is 0.783. The average Bonchev–Trinajstić information content (AvgIpc) is 2.73. The molecule has 0 saturated heterocycles. The maximum atomic E-state index is 5.60. The number of nitrogens with zero attached hydrogens (tertiary/aromatic N) is 1. The van der Waals surface area contributed by atoms with Gasteiger partial charge < -0.3 is 15.5 Å². The molecule has 3 N–H and O–H groups in total. The van der Waals surface area contributed by atoms with Crippen LogP contribution >= 0.6 is 0 Å². The van der Waals surface area contributed by atoms with Crippen LogP contribution in [-0.2, 0) is 5.41 Å². The molecule has 0 fully saturated rings. The lowest BCUT2D eigenvalue weighted by atomic mass is 9.84. The summed E-state index contributed by atoms with van der Waals surface area (Å²) in [6.07, 6.45) is 1.01. The van der Waals surface area contributed by atoms with E-state index in [9.17, 15) is 0 Å². The molecule has 0 radical (unpaired) electrons. The van der Waals surface area contributed by atoms with E-state index in [0.29, 0.717) is 5.89 Å². The number of nitrogens with one attached hydrogen (secondary N) is 1. The fourth-order valence-electron chi connectivity index (χ4n) is 2.19. The molecule has 0 spiro atoms. The van der Waals surface area contributed by atoms with Crippen LogP contribution < -0.4 is 11.1 Å². The number of aromatic nitrogens is 1. The molecule has 1 heterocycles. The van der Waals surface area contributed by atoms with Crippen molar-refractivity contribution in [3.63, 3.8) is 0 Å². The summed E-state index contributed by atoms with van der Waals surface area (Å²) < 4.78 is 5.60. The maximum Gasteiger partial charge on any atom is 0.192 e. The second-order valence-electron chi connectivity index (χ2n) is 5.62. The van der Waals surface area contributed by atoms with Gasteiger partial charge in [-0.05, 0) is 37.2 Å². The van der Waals surface area contributed by atoms with Crippen molar-refractivity contribution in [2.24, 2.45) is 5.73 Å². The number of oxazole rings is 1. The smallest absolute Gasteiger partial charge is 0.192 e. The van der Waals surface area contributed by atoms with Crippen LogP contribution in [0, 0.1) is 6.92 Å². The second kappa shape index (κ2) is 5.72. The van der Waals surface area contributed by atoms with E-state index < -0.39 is 0 Å². The predicted molar refractivity (Wildman–Crippen MR) is 78.3 cm³/mol. The second-order valence-corrected chi connectivity index (χ2v) is 5.62. The molecule has 0 aliphatic rings. The number of rotatable bonds is 6. The molecule has 0 unspecified atom stereocenters. The van der Waals surface area contributed by atoms with Gasteiger partial charge in [-0.2, -0.15) is 0 Å². The number of aryl methyl sites for hydroxylation is 1. The van der Waals surface area contributed by atoms with Crippen molar-refractivity contribution in [1.82, 2.24) is 10.3 Å². The SMILES string of the molecule is Cc1nc2ccc(C(C)(C)CNCCCN)cc2o1. The van der Waals surface area contributed by atoms with Gasteiger partial charge in [-0.1, -0.05) is 19.9 Å². The molecule has 0 saturated carbocycles. The predicted octanol–water partition coefficient (Wildman–Crippen LogP) is 2.35. The molecule has 104 valence electrons. The highest BCUT2D eigenvalue weighted by atomic mass is 16.3. The monoisotopic (exact) mass is 261 g/mol. The first-order chi connectivity index (χ1) is 9.03. The van der Waals surface area contributed by atoms with Gasteiger partial charge in [0.15, 0.2) is 11.5 Å². The van der Waals surface area contributed by atoms with E-state index in [2.05, 4.69) is 36.3 Å². The van der Waals surface area contributed by atoms with E-state index >= 15 is 0 Å². The summed E-state index contributed by atoms with van der Waals surface area (Å²) in [5.74, 6) is 0.714. The summed E-state index contributed by atoms with van der Waals surface area (Å²) in [5.41, 5.74) is 8.60. The summed E-state index contributed by atoms with van der Waals surface area (Å²) in [5, 5.41) is 3.45. The highest BCUT2D eigenvalue weighted by Crippen LogP contribution is 2.26. The molecular formula is C15H23N3O. The van der Waals surface area contributed by atoms with Gasteiger partial charge in [0, 0.05) is 18.9 Å². The molecule has 1 aromatic heterocycles. The zero-order valence-corrected chi connectivity index (χ0v) is 12.0. The summed E-state index contributed by atoms with van der Waals surface area (Å²) >= 11 is 0. The zero-order valence-electron chi connectivity index (χ0n) is 12.0. The standard InChI is InChI=1S/C15H23N3O/c1-11-18-13-6-5-12(9-14(13)19-11)15(2,3)10-17-8-4-7-16/h5-6,9,17H,4,7-8,10,16H2,1-3H3. The molecule has 0 bridgehead atoms. The van der Waals surface area contributed by atoms with Crippen molar-refractivity contribution < 1.29 is 4.42 Å². The van der Waals surface area contributed by atoms with E-state index in [-0.39, 0.29) is 5.41 Å². The highest BCUT2D eigenvalue weighted by Gasteiger charge is 2.21. The molecule has 0 amide bonds. The lowest BCUT2D eigenvalue weighted by Gasteiger charge is -2.25. The van der Waals surface area contributed by atoms with Gasteiger partial charge in [-0.25, -0.2) is 4.98 Å². The minimum absolute atomic E-state index is 0.0590. The molecule has 0 aliphatic carbocycles. The molecule has 2 aromatic rings. The Balaban J connectivity index is 2.12. The first-order valence-corrected chi connectivity index (χ1v) is 6.81. The largest absolute Gasteiger partial charge is 0.441 e. The number of nitrogens with two attached hydrogens (primary N) is 1. The van der Waals surface area contributed by atoms with Crippen molar-refractivity contribution in [3.8, 4) is 0 Å². The van der Waals surface area contributed by atoms with Gasteiger partial charge in [0.25, 0.3) is 0 Å². The first-order valence-electron chi connectivity index (χ1n) is 6.81. The van der Waals surface area contributed by atoms with Crippen LogP contribution in [0.1, 0.15) is 31.7 Å². The topological polar surface area (TPSA) is 64.1 Å². The molecule has 1 aromatic carbocycles. The summed E-state index contributed by atoms with van der Waals surface area (Å²) in [4.78, 5) is 4.33. The Bertz CT molecular complexity index is 545. The molecule has 4 heteroatoms. The molecule has 19 heavy (non-hydrogen) atoms. The van der Waals surface area contributed by atoms with Crippen molar-refractivity contribution in [1.29, 1.82) is 0 Å². The molecule has 2 rings (SSSR count). The van der Waals surface area contributed by atoms with E-state index in [1.165, 1.54) is 5.56 Å². The number of hydrogen-bond donors (Lipinski definition) is 2. The van der Waals surface area contributed by atoms with E-state index in [1.54, 1.807) is 0 Å². The zero-order chi connectivity index (χ0) is 13.9. The minimum atomic E-state index is 0.0590. The Morgan fingerprint density at radius 3 is 2.89 bits per heavy atom. The Hall–Kier alpha value is -1.39. The van der Waals surface area contributed by atoms with Gasteiger partial charge in [0.05, 0.1) is 0 Å².